The SMILES string of the molecule is O=C(c1ccc2nsnc2c1)N1CCC(Oc2ccc(-n3cccn3)nn2)CC1. The molecule has 0 bridgehead atoms. The summed E-state index contributed by atoms with van der Waals surface area (Å²) in [5.74, 6) is 1.13. The van der Waals surface area contributed by atoms with E-state index in [1.165, 1.54) is 0 Å². The van der Waals surface area contributed by atoms with E-state index in [0.717, 1.165) is 35.6 Å². The number of fused-ring (bicyclic) bond motifs is 1. The highest BCUT2D eigenvalue weighted by molar-refractivity contribution is 7.00. The van der Waals surface area contributed by atoms with Crippen LogP contribution in [0.5, 0.6) is 5.88 Å². The van der Waals surface area contributed by atoms with Gasteiger partial charge in [0.25, 0.3) is 5.91 Å². The molecule has 0 saturated carbocycles. The third-order valence-electron chi connectivity index (χ3n) is 4.88. The van der Waals surface area contributed by atoms with Gasteiger partial charge < -0.3 is 9.64 Å². The predicted octanol–water partition coefficient (Wildman–Crippen LogP) is 2.35. The average Bonchev–Trinajstić information content (AvgIpc) is 3.46. The highest BCUT2D eigenvalue weighted by Gasteiger charge is 2.25. The van der Waals surface area contributed by atoms with Gasteiger partial charge in [-0.25, -0.2) is 4.68 Å². The Morgan fingerprint density at radius 2 is 1.93 bits per heavy atom. The summed E-state index contributed by atoms with van der Waals surface area (Å²) in [6.07, 6.45) is 4.99. The van der Waals surface area contributed by atoms with Crippen molar-refractivity contribution in [2.75, 3.05) is 13.1 Å². The van der Waals surface area contributed by atoms with Gasteiger partial charge in [0, 0.05) is 50.0 Å². The Labute approximate surface area is 170 Å². The molecular weight excluding hydrogens is 390 g/mol. The van der Waals surface area contributed by atoms with E-state index in [1.807, 2.05) is 29.2 Å². The maximum Gasteiger partial charge on any atom is 0.253 e. The summed E-state index contributed by atoms with van der Waals surface area (Å²) in [5.41, 5.74) is 2.22. The molecule has 1 amide bonds. The number of carbonyl (C=O) groups is 1. The molecule has 0 atom stereocenters. The summed E-state index contributed by atoms with van der Waals surface area (Å²) in [5, 5.41) is 12.4. The van der Waals surface area contributed by atoms with E-state index in [1.54, 1.807) is 29.2 Å². The molecular formula is C19H17N7O2S. The molecule has 1 saturated heterocycles. The number of amides is 1. The Morgan fingerprint density at radius 3 is 2.69 bits per heavy atom. The van der Waals surface area contributed by atoms with E-state index in [2.05, 4.69) is 24.0 Å². The second-order valence-corrected chi connectivity index (χ2v) is 7.29. The lowest BCUT2D eigenvalue weighted by atomic mass is 10.1. The van der Waals surface area contributed by atoms with Crippen LogP contribution in [-0.2, 0) is 0 Å². The highest BCUT2D eigenvalue weighted by Crippen LogP contribution is 2.20. The largest absolute Gasteiger partial charge is 0.473 e. The van der Waals surface area contributed by atoms with Crippen LogP contribution >= 0.6 is 11.7 Å². The van der Waals surface area contributed by atoms with E-state index in [4.69, 9.17) is 4.74 Å². The zero-order valence-electron chi connectivity index (χ0n) is 15.4. The minimum absolute atomic E-state index is 0.00845. The van der Waals surface area contributed by atoms with E-state index >= 15 is 0 Å². The molecule has 0 spiro atoms. The first-order valence-electron chi connectivity index (χ1n) is 9.28. The first-order chi connectivity index (χ1) is 14.3. The molecule has 5 rings (SSSR count). The Morgan fingerprint density at radius 1 is 1.07 bits per heavy atom. The number of aromatic nitrogens is 6. The van der Waals surface area contributed by atoms with Crippen LogP contribution in [0.1, 0.15) is 23.2 Å². The standard InChI is InChI=1S/C19H17N7O2S/c27-19(13-2-3-15-16(12-13)24-29-23-15)25-10-6-14(7-11-25)28-18-5-4-17(21-22-18)26-9-1-8-20-26/h1-5,8-9,12,14H,6-7,10-11H2. The molecule has 4 heterocycles. The summed E-state index contributed by atoms with van der Waals surface area (Å²) >= 11 is 1.15. The van der Waals surface area contributed by atoms with Gasteiger partial charge in [0.1, 0.15) is 17.1 Å². The van der Waals surface area contributed by atoms with Gasteiger partial charge in [0.05, 0.1) is 11.7 Å². The molecule has 0 aliphatic carbocycles. The van der Waals surface area contributed by atoms with Crippen molar-refractivity contribution in [2.45, 2.75) is 18.9 Å². The van der Waals surface area contributed by atoms with E-state index < -0.39 is 0 Å². The lowest BCUT2D eigenvalue weighted by Gasteiger charge is -2.31. The summed E-state index contributed by atoms with van der Waals surface area (Å²) in [6, 6.07) is 10.9. The number of carbonyl (C=O) groups excluding carboxylic acids is 1. The van der Waals surface area contributed by atoms with Crippen molar-refractivity contribution >= 4 is 28.7 Å². The van der Waals surface area contributed by atoms with E-state index in [0.29, 0.717) is 30.4 Å². The highest BCUT2D eigenvalue weighted by atomic mass is 32.1. The number of benzene rings is 1. The number of ether oxygens (including phenoxy) is 1. The molecule has 9 nitrogen and oxygen atoms in total. The average molecular weight is 407 g/mol. The Balaban J connectivity index is 1.18. The molecule has 0 N–H and O–H groups in total. The van der Waals surface area contributed by atoms with Crippen molar-refractivity contribution in [1.82, 2.24) is 33.6 Å². The second-order valence-electron chi connectivity index (χ2n) is 6.76. The maximum atomic E-state index is 12.8. The molecule has 1 aliphatic heterocycles. The molecule has 4 aromatic rings. The third kappa shape index (κ3) is 3.66. The molecule has 3 aromatic heterocycles. The minimum Gasteiger partial charge on any atom is -0.473 e. The predicted molar refractivity (Wildman–Crippen MR) is 106 cm³/mol. The van der Waals surface area contributed by atoms with Gasteiger partial charge in [0.15, 0.2) is 5.82 Å². The van der Waals surface area contributed by atoms with Gasteiger partial charge in [0.2, 0.25) is 5.88 Å². The molecule has 29 heavy (non-hydrogen) atoms. The summed E-state index contributed by atoms with van der Waals surface area (Å²) < 4.78 is 16.0. The zero-order valence-corrected chi connectivity index (χ0v) is 16.2. The zero-order chi connectivity index (χ0) is 19.6. The monoisotopic (exact) mass is 407 g/mol. The van der Waals surface area contributed by atoms with Crippen LogP contribution in [-0.4, -0.2) is 58.7 Å². The smallest absolute Gasteiger partial charge is 0.253 e. The Kier molecular flexibility index (Phi) is 4.60. The van der Waals surface area contributed by atoms with Crippen LogP contribution in [0.25, 0.3) is 16.9 Å². The molecule has 1 aliphatic rings. The summed E-state index contributed by atoms with van der Waals surface area (Å²) in [6.45, 7) is 1.27. The van der Waals surface area contributed by atoms with Crippen LogP contribution < -0.4 is 4.74 Å². The topological polar surface area (TPSA) is 98.9 Å². The van der Waals surface area contributed by atoms with Crippen molar-refractivity contribution in [3.8, 4) is 11.7 Å². The number of likely N-dealkylation sites (tertiary alicyclic amines) is 1. The molecule has 0 unspecified atom stereocenters. The lowest BCUT2D eigenvalue weighted by Crippen LogP contribution is -2.41. The van der Waals surface area contributed by atoms with Crippen LogP contribution in [0, 0.1) is 0 Å². The summed E-state index contributed by atoms with van der Waals surface area (Å²) in [7, 11) is 0. The van der Waals surface area contributed by atoms with Crippen molar-refractivity contribution in [1.29, 1.82) is 0 Å². The fraction of sp³-hybridized carbons (Fsp3) is 0.263. The molecule has 146 valence electrons. The summed E-state index contributed by atoms with van der Waals surface area (Å²) in [4.78, 5) is 14.6. The van der Waals surface area contributed by atoms with E-state index in [9.17, 15) is 4.79 Å². The van der Waals surface area contributed by atoms with Gasteiger partial charge >= 0.3 is 0 Å². The number of piperidine rings is 1. The molecule has 1 fully saturated rings. The first kappa shape index (κ1) is 17.7. The normalized spacial score (nSPS) is 15.0. The van der Waals surface area contributed by atoms with Gasteiger partial charge in [-0.2, -0.15) is 13.8 Å². The third-order valence-corrected chi connectivity index (χ3v) is 5.44. The van der Waals surface area contributed by atoms with Gasteiger partial charge in [-0.1, -0.05) is 0 Å². The quantitative estimate of drug-likeness (QED) is 0.512. The van der Waals surface area contributed by atoms with Crippen molar-refractivity contribution in [2.24, 2.45) is 0 Å². The fourth-order valence-electron chi connectivity index (χ4n) is 3.35. The van der Waals surface area contributed by atoms with Crippen molar-refractivity contribution in [3.05, 3.63) is 54.4 Å². The van der Waals surface area contributed by atoms with Crippen LogP contribution in [0.3, 0.4) is 0 Å². The van der Waals surface area contributed by atoms with Crippen molar-refractivity contribution in [3.63, 3.8) is 0 Å². The molecule has 10 heteroatoms. The van der Waals surface area contributed by atoms with Crippen LogP contribution in [0.2, 0.25) is 0 Å². The molecule has 0 radical (unpaired) electrons. The number of nitrogens with zero attached hydrogens (tertiary/aromatic N) is 7. The van der Waals surface area contributed by atoms with Crippen molar-refractivity contribution < 1.29 is 9.53 Å². The van der Waals surface area contributed by atoms with Gasteiger partial charge in [-0.3, -0.25) is 4.79 Å². The van der Waals surface area contributed by atoms with Gasteiger partial charge in [-0.15, -0.1) is 10.2 Å². The number of rotatable bonds is 4. The molecule has 1 aromatic carbocycles. The van der Waals surface area contributed by atoms with Crippen LogP contribution in [0.15, 0.2) is 48.8 Å². The number of hydrogen-bond donors (Lipinski definition) is 0. The Bertz CT molecular complexity index is 1120. The lowest BCUT2D eigenvalue weighted by molar-refractivity contribution is 0.0586. The first-order valence-corrected chi connectivity index (χ1v) is 10.0. The van der Waals surface area contributed by atoms with Gasteiger partial charge in [-0.05, 0) is 30.3 Å². The minimum atomic E-state index is 0.00845. The van der Waals surface area contributed by atoms with Crippen LogP contribution in [0.4, 0.5) is 0 Å². The Hall–Kier alpha value is -3.40. The van der Waals surface area contributed by atoms with E-state index in [-0.39, 0.29) is 12.0 Å². The number of hydrogen-bond acceptors (Lipinski definition) is 8. The second kappa shape index (κ2) is 7.55. The maximum absolute atomic E-state index is 12.8. The fourth-order valence-corrected chi connectivity index (χ4v) is 3.86.